The van der Waals surface area contributed by atoms with E-state index in [4.69, 9.17) is 14.6 Å². The van der Waals surface area contributed by atoms with Crippen LogP contribution in [-0.4, -0.2) is 46.9 Å². The average molecular weight is 452 g/mol. The maximum Gasteiger partial charge on any atom is 0.192 e. The third-order valence-electron chi connectivity index (χ3n) is 7.49. The van der Waals surface area contributed by atoms with E-state index in [1.165, 1.54) is 0 Å². The van der Waals surface area contributed by atoms with Gasteiger partial charge in [0, 0.05) is 25.2 Å². The molecule has 7 heteroatoms. The summed E-state index contributed by atoms with van der Waals surface area (Å²) in [6, 6.07) is 2.01. The van der Waals surface area contributed by atoms with Crippen molar-refractivity contribution in [3.63, 3.8) is 0 Å². The van der Waals surface area contributed by atoms with Crippen molar-refractivity contribution in [2.75, 3.05) is 23.7 Å². The predicted molar refractivity (Wildman–Crippen MR) is 134 cm³/mol. The molecule has 0 radical (unpaired) electrons. The number of piperidine rings is 1. The Morgan fingerprint density at radius 3 is 2.00 bits per heavy atom. The second-order valence-electron chi connectivity index (χ2n) is 12.1. The van der Waals surface area contributed by atoms with Gasteiger partial charge in [0.1, 0.15) is 0 Å². The van der Waals surface area contributed by atoms with Gasteiger partial charge in [0.05, 0.1) is 29.8 Å². The molecule has 0 amide bonds. The Labute approximate surface area is 187 Å². The van der Waals surface area contributed by atoms with Crippen LogP contribution in [0.4, 0.5) is 11.4 Å². The van der Waals surface area contributed by atoms with Gasteiger partial charge >= 0.3 is 0 Å². The second-order valence-corrected chi connectivity index (χ2v) is 21.6. The monoisotopic (exact) mass is 451 g/mol. The molecule has 1 fully saturated rings. The van der Waals surface area contributed by atoms with Crippen LogP contribution in [0.15, 0.2) is 18.5 Å². The van der Waals surface area contributed by atoms with Crippen LogP contribution >= 0.6 is 0 Å². The molecule has 2 N–H and O–H groups in total. The highest BCUT2D eigenvalue weighted by atomic mass is 28.4. The summed E-state index contributed by atoms with van der Waals surface area (Å²) in [6.45, 7) is 27.2. The van der Waals surface area contributed by atoms with E-state index in [9.17, 15) is 0 Å². The second kappa shape index (κ2) is 8.56. The molecule has 0 spiro atoms. The molecule has 1 saturated heterocycles. The van der Waals surface area contributed by atoms with Crippen molar-refractivity contribution >= 4 is 28.0 Å². The average Bonchev–Trinajstić information content (AvgIpc) is 2.55. The van der Waals surface area contributed by atoms with Crippen LogP contribution in [0.1, 0.15) is 48.5 Å². The van der Waals surface area contributed by atoms with Crippen LogP contribution in [0.5, 0.6) is 0 Å². The van der Waals surface area contributed by atoms with E-state index in [2.05, 4.69) is 84.5 Å². The Morgan fingerprint density at radius 2 is 1.50 bits per heavy atom. The van der Waals surface area contributed by atoms with Crippen LogP contribution in [0, 0.1) is 5.92 Å². The highest BCUT2D eigenvalue weighted by Crippen LogP contribution is 2.43. The fourth-order valence-electron chi connectivity index (χ4n) is 3.47. The molecule has 2 heterocycles. The Bertz CT molecular complexity index is 726. The summed E-state index contributed by atoms with van der Waals surface area (Å²) in [5.74, 6) is 0.343. The molecule has 0 aliphatic carbocycles. The zero-order valence-corrected chi connectivity index (χ0v) is 23.2. The molecule has 0 bridgehead atoms. The summed E-state index contributed by atoms with van der Waals surface area (Å²) in [7, 11) is -3.89. The maximum atomic E-state index is 7.01. The third-order valence-corrected chi connectivity index (χ3v) is 16.5. The number of nitrogen functional groups attached to an aromatic ring is 1. The van der Waals surface area contributed by atoms with Crippen molar-refractivity contribution < 1.29 is 8.85 Å². The number of rotatable bonds is 5. The van der Waals surface area contributed by atoms with Crippen molar-refractivity contribution in [3.05, 3.63) is 18.5 Å². The fraction of sp³-hybridized carbons (Fsp3) is 0.783. The molecule has 1 aromatic heterocycles. The molecule has 172 valence electrons. The molecule has 30 heavy (non-hydrogen) atoms. The van der Waals surface area contributed by atoms with Gasteiger partial charge in [0.15, 0.2) is 16.6 Å². The molecule has 1 aromatic rings. The third kappa shape index (κ3) is 5.47. The number of nitrogens with two attached hydrogens (primary N) is 1. The summed E-state index contributed by atoms with van der Waals surface area (Å²) in [5, 5.41) is 0.316. The van der Waals surface area contributed by atoms with Crippen LogP contribution in [0.3, 0.4) is 0 Å². The molecule has 1 aliphatic heterocycles. The number of hydrogen-bond acceptors (Lipinski definition) is 5. The topological polar surface area (TPSA) is 60.6 Å². The van der Waals surface area contributed by atoms with E-state index in [0.29, 0.717) is 5.92 Å². The van der Waals surface area contributed by atoms with Crippen molar-refractivity contribution in [3.8, 4) is 0 Å². The SMILES string of the molecule is C[C@H]1CN(c2ccncc2N)C[C@H](O[Si](C)(C)C(C)(C)C)[C@H]1O[Si](C)(C)C(C)(C)C. The fourth-order valence-corrected chi connectivity index (χ4v) is 6.20. The van der Waals surface area contributed by atoms with E-state index in [1.807, 2.05) is 12.3 Å². The largest absolute Gasteiger partial charge is 0.411 e. The standard InChI is InChI=1S/C23H45N3O2Si2/c1-17-15-26(19-12-13-25-14-18(19)24)16-20(27-29(8,9)22(2,3)4)21(17)28-30(10,11)23(5,6)7/h12-14,17,20-21H,15-16,24H2,1-11H3/t17-,20-,21-/m0/s1. The number of nitrogens with zero attached hydrogens (tertiary/aromatic N) is 2. The highest BCUT2D eigenvalue weighted by molar-refractivity contribution is 6.74. The maximum absolute atomic E-state index is 7.01. The van der Waals surface area contributed by atoms with E-state index in [0.717, 1.165) is 24.5 Å². The van der Waals surface area contributed by atoms with Gasteiger partial charge < -0.3 is 19.5 Å². The molecule has 0 unspecified atom stereocenters. The van der Waals surface area contributed by atoms with E-state index >= 15 is 0 Å². The number of hydrogen-bond donors (Lipinski definition) is 1. The Morgan fingerprint density at radius 1 is 0.967 bits per heavy atom. The first-order chi connectivity index (χ1) is 13.5. The molecule has 1 aliphatic rings. The molecule has 5 nitrogen and oxygen atoms in total. The lowest BCUT2D eigenvalue weighted by Crippen LogP contribution is -2.61. The first kappa shape index (κ1) is 25.4. The Balaban J connectivity index is 2.39. The minimum Gasteiger partial charge on any atom is -0.411 e. The Kier molecular flexibility index (Phi) is 7.24. The van der Waals surface area contributed by atoms with Gasteiger partial charge in [-0.05, 0) is 42.3 Å². The van der Waals surface area contributed by atoms with E-state index in [-0.39, 0.29) is 22.3 Å². The van der Waals surface area contributed by atoms with Gasteiger partial charge in [0.2, 0.25) is 0 Å². The predicted octanol–water partition coefficient (Wildman–Crippen LogP) is 5.90. The zero-order chi connectivity index (χ0) is 23.1. The first-order valence-corrected chi connectivity index (χ1v) is 17.1. The van der Waals surface area contributed by atoms with Crippen LogP contribution in [-0.2, 0) is 8.85 Å². The smallest absolute Gasteiger partial charge is 0.192 e. The summed E-state index contributed by atoms with van der Waals surface area (Å²) in [6.07, 6.45) is 3.68. The summed E-state index contributed by atoms with van der Waals surface area (Å²) < 4.78 is 14.0. The number of anilines is 2. The van der Waals surface area contributed by atoms with Gasteiger partial charge in [-0.1, -0.05) is 48.5 Å². The first-order valence-electron chi connectivity index (χ1n) is 11.3. The zero-order valence-electron chi connectivity index (χ0n) is 21.2. The van der Waals surface area contributed by atoms with E-state index < -0.39 is 16.6 Å². The normalized spacial score (nSPS) is 24.2. The van der Waals surface area contributed by atoms with Crippen LogP contribution in [0.25, 0.3) is 0 Å². The van der Waals surface area contributed by atoms with Crippen LogP contribution in [0.2, 0.25) is 36.3 Å². The van der Waals surface area contributed by atoms with Gasteiger partial charge in [-0.15, -0.1) is 0 Å². The molecule has 0 aromatic carbocycles. The molecular formula is C23H45N3O2Si2. The molecule has 2 rings (SSSR count). The Hall–Kier alpha value is -0.896. The summed E-state index contributed by atoms with van der Waals surface area (Å²) in [4.78, 5) is 6.53. The lowest BCUT2D eigenvalue weighted by atomic mass is 9.94. The van der Waals surface area contributed by atoms with Gasteiger partial charge in [-0.3, -0.25) is 4.98 Å². The van der Waals surface area contributed by atoms with Gasteiger partial charge in [-0.2, -0.15) is 0 Å². The van der Waals surface area contributed by atoms with Gasteiger partial charge in [-0.25, -0.2) is 0 Å². The minimum atomic E-state index is -1.96. The minimum absolute atomic E-state index is 0.0244. The summed E-state index contributed by atoms with van der Waals surface area (Å²) >= 11 is 0. The molecule has 3 atom stereocenters. The lowest BCUT2D eigenvalue weighted by molar-refractivity contribution is -0.00594. The highest BCUT2D eigenvalue weighted by Gasteiger charge is 2.48. The van der Waals surface area contributed by atoms with E-state index in [1.54, 1.807) is 6.20 Å². The van der Waals surface area contributed by atoms with Crippen molar-refractivity contribution in [2.24, 2.45) is 5.92 Å². The van der Waals surface area contributed by atoms with Gasteiger partial charge in [0.25, 0.3) is 0 Å². The number of aromatic nitrogens is 1. The quantitative estimate of drug-likeness (QED) is 0.565. The van der Waals surface area contributed by atoms with Crippen LogP contribution < -0.4 is 10.6 Å². The van der Waals surface area contributed by atoms with Crippen molar-refractivity contribution in [2.45, 2.75) is 96.9 Å². The van der Waals surface area contributed by atoms with Crippen molar-refractivity contribution in [1.82, 2.24) is 4.98 Å². The van der Waals surface area contributed by atoms with Crippen molar-refractivity contribution in [1.29, 1.82) is 0 Å². The lowest BCUT2D eigenvalue weighted by Gasteiger charge is -2.51. The molecule has 0 saturated carbocycles. The molecular weight excluding hydrogens is 406 g/mol. The summed E-state index contributed by atoms with van der Waals surface area (Å²) in [5.41, 5.74) is 8.04. The number of pyridine rings is 1.